The van der Waals surface area contributed by atoms with E-state index in [2.05, 4.69) is 15.5 Å². The molecule has 0 spiro atoms. The third kappa shape index (κ3) is 8.29. The molecule has 0 saturated carbocycles. The van der Waals surface area contributed by atoms with E-state index in [0.29, 0.717) is 32.0 Å². The minimum atomic E-state index is -0.258. The molecule has 188 valence electrons. The molecule has 3 rings (SSSR count). The summed E-state index contributed by atoms with van der Waals surface area (Å²) < 4.78 is 5.38. The highest BCUT2D eigenvalue weighted by Gasteiger charge is 2.17. The first-order chi connectivity index (χ1) is 17.0. The topological polar surface area (TPSA) is 94.2 Å². The average Bonchev–Trinajstić information content (AvgIpc) is 2.88. The van der Waals surface area contributed by atoms with Crippen LogP contribution in [-0.2, 0) is 20.9 Å². The van der Waals surface area contributed by atoms with E-state index in [0.717, 1.165) is 24.3 Å². The highest BCUT2D eigenvalue weighted by molar-refractivity contribution is 5.94. The van der Waals surface area contributed by atoms with Gasteiger partial charge in [0.15, 0.2) is 0 Å². The van der Waals surface area contributed by atoms with Crippen LogP contribution in [0, 0.1) is 0 Å². The fourth-order valence-electron chi connectivity index (χ4n) is 3.83. The van der Waals surface area contributed by atoms with E-state index in [1.54, 1.807) is 11.9 Å². The second kappa shape index (κ2) is 13.3. The van der Waals surface area contributed by atoms with Gasteiger partial charge in [0.2, 0.25) is 11.8 Å². The number of ether oxygens (including phenoxy) is 1. The van der Waals surface area contributed by atoms with Crippen LogP contribution in [0.1, 0.15) is 18.9 Å². The van der Waals surface area contributed by atoms with Crippen LogP contribution >= 0.6 is 0 Å². The molecular formula is C26H35N5O4. The predicted octanol–water partition coefficient (Wildman–Crippen LogP) is 2.54. The molecule has 4 amide bonds. The van der Waals surface area contributed by atoms with E-state index >= 15 is 0 Å². The van der Waals surface area contributed by atoms with Gasteiger partial charge in [0.05, 0.1) is 19.8 Å². The van der Waals surface area contributed by atoms with E-state index in [9.17, 15) is 14.4 Å². The number of amides is 4. The summed E-state index contributed by atoms with van der Waals surface area (Å²) in [5, 5.41) is 5.62. The van der Waals surface area contributed by atoms with Crippen molar-refractivity contribution in [3.05, 3.63) is 60.2 Å². The number of hydrogen-bond donors (Lipinski definition) is 2. The molecule has 9 heteroatoms. The van der Waals surface area contributed by atoms with Crippen molar-refractivity contribution >= 4 is 29.2 Å². The van der Waals surface area contributed by atoms with Crippen molar-refractivity contribution < 1.29 is 19.1 Å². The van der Waals surface area contributed by atoms with E-state index in [1.807, 2.05) is 61.5 Å². The summed E-state index contributed by atoms with van der Waals surface area (Å²) in [6.07, 6.45) is 0.125. The molecule has 1 fully saturated rings. The highest BCUT2D eigenvalue weighted by atomic mass is 16.5. The van der Waals surface area contributed by atoms with Gasteiger partial charge < -0.3 is 30.1 Å². The maximum absolute atomic E-state index is 12.6. The first-order valence-electron chi connectivity index (χ1n) is 12.0. The maximum Gasteiger partial charge on any atom is 0.317 e. The summed E-state index contributed by atoms with van der Waals surface area (Å²) in [7, 11) is 1.71. The number of benzene rings is 2. The predicted molar refractivity (Wildman–Crippen MR) is 136 cm³/mol. The van der Waals surface area contributed by atoms with Gasteiger partial charge in [-0.1, -0.05) is 30.3 Å². The standard InChI is InChI=1S/C26H35N5O4/c1-3-30(25(33)13-14-27-26(34)29(2)19-21-7-5-4-6-8-21)20-24(32)28-22-9-11-23(12-10-22)31-15-17-35-18-16-31/h4-12H,3,13-20H2,1-2H3,(H,27,34)(H,28,32). The van der Waals surface area contributed by atoms with Gasteiger partial charge in [-0.15, -0.1) is 0 Å². The zero-order valence-electron chi connectivity index (χ0n) is 20.5. The van der Waals surface area contributed by atoms with Crippen LogP contribution in [0.3, 0.4) is 0 Å². The molecule has 35 heavy (non-hydrogen) atoms. The SMILES string of the molecule is CCN(CC(=O)Nc1ccc(N2CCOCC2)cc1)C(=O)CCNC(=O)N(C)Cc1ccccc1. The number of morpholine rings is 1. The van der Waals surface area contributed by atoms with Gasteiger partial charge in [-0.25, -0.2) is 4.79 Å². The minimum absolute atomic E-state index is 0.0393. The largest absolute Gasteiger partial charge is 0.378 e. The lowest BCUT2D eigenvalue weighted by molar-refractivity contribution is -0.134. The molecule has 0 radical (unpaired) electrons. The van der Waals surface area contributed by atoms with Crippen LogP contribution in [0.4, 0.5) is 16.2 Å². The fraction of sp³-hybridized carbons (Fsp3) is 0.423. The maximum atomic E-state index is 12.6. The van der Waals surface area contributed by atoms with Crippen LogP contribution in [0.25, 0.3) is 0 Å². The zero-order valence-corrected chi connectivity index (χ0v) is 20.5. The quantitative estimate of drug-likeness (QED) is 0.544. The zero-order chi connectivity index (χ0) is 25.0. The second-order valence-corrected chi connectivity index (χ2v) is 8.43. The van der Waals surface area contributed by atoms with Crippen LogP contribution in [0.15, 0.2) is 54.6 Å². The number of carbonyl (C=O) groups is 3. The molecule has 0 aliphatic carbocycles. The van der Waals surface area contributed by atoms with E-state index in [1.165, 1.54) is 4.90 Å². The highest BCUT2D eigenvalue weighted by Crippen LogP contribution is 2.19. The van der Waals surface area contributed by atoms with Crippen LogP contribution in [-0.4, -0.2) is 80.6 Å². The molecule has 2 aromatic rings. The fourth-order valence-corrected chi connectivity index (χ4v) is 3.83. The van der Waals surface area contributed by atoms with Gasteiger partial charge in [0, 0.05) is 57.6 Å². The third-order valence-electron chi connectivity index (χ3n) is 5.82. The Morgan fingerprint density at radius 3 is 2.34 bits per heavy atom. The van der Waals surface area contributed by atoms with Gasteiger partial charge in [-0.05, 0) is 36.8 Å². The number of anilines is 2. The second-order valence-electron chi connectivity index (χ2n) is 8.43. The van der Waals surface area contributed by atoms with Crippen molar-refractivity contribution in [2.75, 3.05) is 63.2 Å². The lowest BCUT2D eigenvalue weighted by Crippen LogP contribution is -2.41. The Morgan fingerprint density at radius 1 is 1.00 bits per heavy atom. The first kappa shape index (κ1) is 26.0. The summed E-state index contributed by atoms with van der Waals surface area (Å²) in [5.41, 5.74) is 2.80. The number of urea groups is 1. The van der Waals surface area contributed by atoms with E-state index in [-0.39, 0.29) is 37.4 Å². The lowest BCUT2D eigenvalue weighted by Gasteiger charge is -2.29. The number of rotatable bonds is 10. The van der Waals surface area contributed by atoms with Gasteiger partial charge in [0.25, 0.3) is 0 Å². The monoisotopic (exact) mass is 481 g/mol. The van der Waals surface area contributed by atoms with Gasteiger partial charge in [0.1, 0.15) is 0 Å². The summed E-state index contributed by atoms with van der Waals surface area (Å²) >= 11 is 0. The molecule has 0 bridgehead atoms. The molecule has 0 aromatic heterocycles. The lowest BCUT2D eigenvalue weighted by atomic mass is 10.2. The molecule has 0 unspecified atom stereocenters. The Balaban J connectivity index is 1.39. The van der Waals surface area contributed by atoms with Crippen molar-refractivity contribution in [2.45, 2.75) is 19.9 Å². The van der Waals surface area contributed by atoms with Crippen LogP contribution in [0.2, 0.25) is 0 Å². The molecule has 1 heterocycles. The summed E-state index contributed by atoms with van der Waals surface area (Å²) in [5.74, 6) is -0.442. The molecule has 1 aliphatic rings. The Bertz CT molecular complexity index is 961. The normalized spacial score (nSPS) is 13.1. The minimum Gasteiger partial charge on any atom is -0.378 e. The third-order valence-corrected chi connectivity index (χ3v) is 5.82. The smallest absolute Gasteiger partial charge is 0.317 e. The molecule has 0 atom stereocenters. The first-order valence-corrected chi connectivity index (χ1v) is 12.0. The van der Waals surface area contributed by atoms with Crippen molar-refractivity contribution in [1.82, 2.24) is 15.1 Å². The van der Waals surface area contributed by atoms with Crippen LogP contribution in [0.5, 0.6) is 0 Å². The Morgan fingerprint density at radius 2 is 1.69 bits per heavy atom. The van der Waals surface area contributed by atoms with Crippen molar-refractivity contribution in [3.8, 4) is 0 Å². The van der Waals surface area contributed by atoms with Gasteiger partial charge in [-0.3, -0.25) is 9.59 Å². The van der Waals surface area contributed by atoms with Crippen molar-refractivity contribution in [1.29, 1.82) is 0 Å². The Kier molecular flexibility index (Phi) is 9.92. The van der Waals surface area contributed by atoms with Crippen molar-refractivity contribution in [3.63, 3.8) is 0 Å². The number of hydrogen-bond acceptors (Lipinski definition) is 5. The van der Waals surface area contributed by atoms with Crippen molar-refractivity contribution in [2.24, 2.45) is 0 Å². The molecule has 2 N–H and O–H groups in total. The Labute approximate surface area is 207 Å². The van der Waals surface area contributed by atoms with Gasteiger partial charge in [-0.2, -0.15) is 0 Å². The molecule has 1 aliphatic heterocycles. The number of nitrogens with one attached hydrogen (secondary N) is 2. The van der Waals surface area contributed by atoms with Gasteiger partial charge >= 0.3 is 6.03 Å². The molecule has 2 aromatic carbocycles. The number of likely N-dealkylation sites (N-methyl/N-ethyl adjacent to an activating group) is 1. The summed E-state index contributed by atoms with van der Waals surface area (Å²) in [6.45, 7) is 6.02. The van der Waals surface area contributed by atoms with E-state index < -0.39 is 0 Å². The van der Waals surface area contributed by atoms with Crippen LogP contribution < -0.4 is 15.5 Å². The molecule has 1 saturated heterocycles. The number of nitrogens with zero attached hydrogens (tertiary/aromatic N) is 3. The summed E-state index contributed by atoms with van der Waals surface area (Å²) in [6, 6.07) is 17.1. The molecular weight excluding hydrogens is 446 g/mol. The Hall–Kier alpha value is -3.59. The molecule has 9 nitrogen and oxygen atoms in total. The number of carbonyl (C=O) groups excluding carboxylic acids is 3. The summed E-state index contributed by atoms with van der Waals surface area (Å²) in [4.78, 5) is 42.7. The average molecular weight is 482 g/mol. The van der Waals surface area contributed by atoms with E-state index in [4.69, 9.17) is 4.74 Å².